The third-order valence-electron chi connectivity index (χ3n) is 12.5. The molecule has 0 aromatic heterocycles. The molecular weight excluding hydrogens is 897 g/mol. The molecule has 2 aromatic carbocycles. The van der Waals surface area contributed by atoms with Gasteiger partial charge in [0.2, 0.25) is 11.6 Å². The molecule has 8 aliphatic rings. The Labute approximate surface area is 383 Å². The first-order valence-electron chi connectivity index (χ1n) is 20.8. The number of nitrogens with one attached hydrogen (secondary N) is 7. The zero-order chi connectivity index (χ0) is 48.9. The van der Waals surface area contributed by atoms with E-state index in [2.05, 4.69) is 41.6 Å². The minimum absolute atomic E-state index is 0.0303. The number of carbonyl (C=O) groups excluding carboxylic acids is 6. The summed E-state index contributed by atoms with van der Waals surface area (Å²) in [7, 11) is 0. The number of nitrogens with zero attached hydrogens (tertiary/aromatic N) is 5. The molecule has 5 amide bonds. The predicted octanol–water partition coefficient (Wildman–Crippen LogP) is -10.4. The Morgan fingerprint density at radius 3 is 1.62 bits per heavy atom. The molecule has 28 heteroatoms. The average Bonchev–Trinajstić information content (AvgIpc) is 4.13. The Kier molecular flexibility index (Phi) is 11.7. The van der Waals surface area contributed by atoms with E-state index in [1.165, 1.54) is 48.6 Å². The second-order valence-corrected chi connectivity index (χ2v) is 16.4. The molecule has 28 nitrogen and oxygen atoms in total. The standard InChI is InChI=1S/C20H22N8O6.C11H6N2O3.C9H16N6O3/c21-16-25-15-12(24-17(22)27-8-7-19(32,33)20(15,27)26-16)9-34-18(31)23-10-1-3-11(4-2-10)28-13(29)5-6-14(28)30;14-7-12-8-1-3-9(4-2-8)13-10(15)5-6-11(13)16;10-6-13-5-4(3-16)12-7(11)15-2-1-8(17,18)9(5,15)14-6/h1-6,12,15,32-33H,7-9H2,(H6,21,22,23,24,25,26,31);1-6H;4-5,16-18H,1-3H2,(H5,10,11,12,13,14)/p+5. The number of benzene rings is 2. The summed E-state index contributed by atoms with van der Waals surface area (Å²) in [5.74, 6) is -4.90. The second-order valence-electron chi connectivity index (χ2n) is 16.4. The van der Waals surface area contributed by atoms with E-state index in [0.29, 0.717) is 35.3 Å². The van der Waals surface area contributed by atoms with E-state index in [9.17, 15) is 49.5 Å². The molecule has 10 rings (SSSR count). The van der Waals surface area contributed by atoms with Crippen LogP contribution in [0.25, 0.3) is 0 Å². The molecule has 68 heavy (non-hydrogen) atoms. The maximum absolute atomic E-state index is 12.4. The number of aliphatic imine (C=N–C) groups is 1. The van der Waals surface area contributed by atoms with E-state index in [1.807, 2.05) is 0 Å². The lowest BCUT2D eigenvalue weighted by atomic mass is 9.87. The van der Waals surface area contributed by atoms with E-state index in [0.717, 1.165) is 9.80 Å². The van der Waals surface area contributed by atoms with Crippen LogP contribution < -0.4 is 69.3 Å². The average molecular weight is 946 g/mol. The van der Waals surface area contributed by atoms with Crippen LogP contribution in [0.3, 0.4) is 0 Å². The van der Waals surface area contributed by atoms with Crippen molar-refractivity contribution in [2.45, 2.75) is 59.9 Å². The highest BCUT2D eigenvalue weighted by atomic mass is 16.6. The fraction of sp³-hybridized carbons (Fsp3) is 0.350. The van der Waals surface area contributed by atoms with Crippen LogP contribution in [0.5, 0.6) is 0 Å². The highest BCUT2D eigenvalue weighted by molar-refractivity contribution is 6.28. The third-order valence-corrected chi connectivity index (χ3v) is 12.5. The normalized spacial score (nSPS) is 28.5. The van der Waals surface area contributed by atoms with Gasteiger partial charge in [-0.25, -0.2) is 39.2 Å². The molecule has 0 saturated carbocycles. The number of amides is 5. The van der Waals surface area contributed by atoms with Crippen LogP contribution in [0.2, 0.25) is 0 Å². The number of rotatable bonds is 7. The summed E-state index contributed by atoms with van der Waals surface area (Å²) in [4.78, 5) is 78.4. The van der Waals surface area contributed by atoms with Gasteiger partial charge >= 0.3 is 36.0 Å². The second kappa shape index (κ2) is 17.2. The fourth-order valence-corrected chi connectivity index (χ4v) is 9.51. The lowest BCUT2D eigenvalue weighted by molar-refractivity contribution is -0.674. The molecule has 2 aromatic rings. The SMILES string of the molecule is NC1=[NH+]C2C(CO)NC(N)=[N+]3CCC(O)(O)C23N1.NC1=[NH+]C2C(COC(=O)Nc3ccc(N4C(=O)C=CC4=O)cc3)NC(N)=[N+]3CCC(O)(O)C23N1.O=C1C=CC(=O)N1c1ccc(N=C=[OH+])cc1. The molecule has 0 bridgehead atoms. The number of ether oxygens (including phenoxy) is 1. The number of aliphatic hydroxyl groups excluding tert-OH is 1. The molecule has 2 spiro atoms. The van der Waals surface area contributed by atoms with Gasteiger partial charge in [0.05, 0.1) is 36.8 Å². The van der Waals surface area contributed by atoms with Crippen LogP contribution in [-0.2, 0) is 23.9 Å². The lowest BCUT2D eigenvalue weighted by Gasteiger charge is -2.40. The zero-order valence-electron chi connectivity index (χ0n) is 35.7. The zero-order valence-corrected chi connectivity index (χ0v) is 35.7. The van der Waals surface area contributed by atoms with Crippen LogP contribution in [0.1, 0.15) is 12.8 Å². The number of anilines is 3. The first kappa shape index (κ1) is 46.3. The first-order valence-corrected chi connectivity index (χ1v) is 20.8. The number of hydrogen-bond donors (Lipinski definition) is 16. The number of hydrogen-bond acceptors (Lipinski definition) is 20. The molecule has 6 unspecified atom stereocenters. The van der Waals surface area contributed by atoms with Crippen molar-refractivity contribution in [1.29, 1.82) is 0 Å². The summed E-state index contributed by atoms with van der Waals surface area (Å²) < 4.78 is 8.57. The van der Waals surface area contributed by atoms with Gasteiger partial charge in [0.25, 0.3) is 35.0 Å². The maximum Gasteiger partial charge on any atom is 0.472 e. The van der Waals surface area contributed by atoms with Crippen molar-refractivity contribution in [3.05, 3.63) is 72.8 Å². The van der Waals surface area contributed by atoms with Gasteiger partial charge < -0.3 is 30.3 Å². The number of guanidine groups is 4. The van der Waals surface area contributed by atoms with E-state index in [1.54, 1.807) is 39.5 Å². The summed E-state index contributed by atoms with van der Waals surface area (Å²) in [6.45, 7) is 0.270. The largest absolute Gasteiger partial charge is 0.472 e. The molecule has 8 heterocycles. The minimum atomic E-state index is -2.14. The van der Waals surface area contributed by atoms with Gasteiger partial charge in [-0.15, -0.1) is 4.99 Å². The number of nitrogens with two attached hydrogens (primary N) is 4. The molecule has 2 fully saturated rings. The van der Waals surface area contributed by atoms with E-state index in [4.69, 9.17) is 32.5 Å². The van der Waals surface area contributed by atoms with Gasteiger partial charge in [-0.1, -0.05) is 0 Å². The van der Waals surface area contributed by atoms with Gasteiger partial charge in [0, 0.05) is 42.8 Å². The van der Waals surface area contributed by atoms with Crippen LogP contribution in [0.15, 0.2) is 77.8 Å². The van der Waals surface area contributed by atoms with E-state index >= 15 is 0 Å². The van der Waals surface area contributed by atoms with Crippen molar-refractivity contribution < 1.29 is 78.2 Å². The Bertz CT molecular complexity index is 2680. The van der Waals surface area contributed by atoms with Crippen molar-refractivity contribution in [1.82, 2.24) is 21.3 Å². The molecule has 21 N–H and O–H groups in total. The van der Waals surface area contributed by atoms with Gasteiger partial charge in [0.15, 0.2) is 12.1 Å². The van der Waals surface area contributed by atoms with Gasteiger partial charge in [0.1, 0.15) is 18.7 Å². The highest BCUT2D eigenvalue weighted by Crippen LogP contribution is 2.38. The highest BCUT2D eigenvalue weighted by Gasteiger charge is 2.75. The Morgan fingerprint density at radius 1 is 0.750 bits per heavy atom. The van der Waals surface area contributed by atoms with Crippen LogP contribution in [-0.4, -0.2) is 172 Å². The first-order chi connectivity index (χ1) is 32.3. The minimum Gasteiger partial charge on any atom is -0.445 e. The number of aliphatic hydroxyl groups is 5. The third kappa shape index (κ3) is 7.66. The van der Waals surface area contributed by atoms with Crippen molar-refractivity contribution in [3.8, 4) is 0 Å². The van der Waals surface area contributed by atoms with Crippen molar-refractivity contribution in [2.24, 2.45) is 27.9 Å². The summed E-state index contributed by atoms with van der Waals surface area (Å²) in [5.41, 5.74) is 22.7. The number of imide groups is 2. The number of isocyanates is 1. The smallest absolute Gasteiger partial charge is 0.445 e. The molecule has 8 aliphatic heterocycles. The Hall–Kier alpha value is -8.27. The summed E-state index contributed by atoms with van der Waals surface area (Å²) in [5, 5.41) is 65.6. The van der Waals surface area contributed by atoms with E-state index < -0.39 is 65.0 Å². The maximum atomic E-state index is 12.4. The monoisotopic (exact) mass is 945 g/mol. The molecule has 0 radical (unpaired) electrons. The summed E-state index contributed by atoms with van der Waals surface area (Å²) in [6, 6.07) is 10.0. The van der Waals surface area contributed by atoms with Gasteiger partial charge in [-0.3, -0.25) is 68.0 Å². The van der Waals surface area contributed by atoms with Crippen molar-refractivity contribution in [2.75, 3.05) is 41.4 Å². The van der Waals surface area contributed by atoms with Crippen molar-refractivity contribution in [3.63, 3.8) is 0 Å². The van der Waals surface area contributed by atoms with Gasteiger partial charge in [-0.05, 0) is 48.5 Å². The lowest BCUT2D eigenvalue weighted by Crippen LogP contribution is -2.91. The van der Waals surface area contributed by atoms with E-state index in [-0.39, 0.29) is 62.3 Å². The van der Waals surface area contributed by atoms with Crippen LogP contribution in [0.4, 0.5) is 27.5 Å². The number of carbonyl (C=O) groups is 5. The Morgan fingerprint density at radius 2 is 1.18 bits per heavy atom. The topological polar surface area (TPSA) is 434 Å². The summed E-state index contributed by atoms with van der Waals surface area (Å²) >= 11 is 0. The van der Waals surface area contributed by atoms with Gasteiger partial charge in [-0.2, -0.15) is 0 Å². The Balaban J connectivity index is 0.000000154. The van der Waals surface area contributed by atoms with Crippen molar-refractivity contribution >= 4 is 82.4 Å². The summed E-state index contributed by atoms with van der Waals surface area (Å²) in [6.07, 6.45) is 5.85. The molecular formula is C40H49N16O12+5. The quantitative estimate of drug-likeness (QED) is 0.0306. The molecule has 2 saturated heterocycles. The molecule has 0 aliphatic carbocycles. The van der Waals surface area contributed by atoms with Crippen LogP contribution in [0, 0.1) is 0 Å². The molecule has 356 valence electrons. The molecule has 6 atom stereocenters. The fourth-order valence-electron chi connectivity index (χ4n) is 9.51. The predicted molar refractivity (Wildman–Crippen MR) is 233 cm³/mol. The van der Waals surface area contributed by atoms with Crippen LogP contribution >= 0.6 is 0 Å².